The fourth-order valence-electron chi connectivity index (χ4n) is 2.36. The Kier molecular flexibility index (Phi) is 4.39. The van der Waals surface area contributed by atoms with E-state index in [0.717, 1.165) is 12.8 Å². The van der Waals surface area contributed by atoms with Gasteiger partial charge in [0.25, 0.3) is 0 Å². The summed E-state index contributed by atoms with van der Waals surface area (Å²) in [5.41, 5.74) is 0.0380. The van der Waals surface area contributed by atoms with Gasteiger partial charge in [-0.05, 0) is 40.5 Å². The number of aromatic nitrogens is 3. The Morgan fingerprint density at radius 1 is 1.45 bits per heavy atom. The lowest BCUT2D eigenvalue weighted by Gasteiger charge is -2.27. The van der Waals surface area contributed by atoms with Gasteiger partial charge in [-0.2, -0.15) is 0 Å². The van der Waals surface area contributed by atoms with Crippen molar-refractivity contribution in [3.05, 3.63) is 11.9 Å². The van der Waals surface area contributed by atoms with Gasteiger partial charge < -0.3 is 9.84 Å². The first kappa shape index (κ1) is 16.3. The van der Waals surface area contributed by atoms with Crippen molar-refractivity contribution >= 4 is 12.1 Å². The van der Waals surface area contributed by atoms with Crippen LogP contribution in [-0.4, -0.2) is 49.2 Å². The highest BCUT2D eigenvalue weighted by Crippen LogP contribution is 2.32. The van der Waals surface area contributed by atoms with Crippen LogP contribution < -0.4 is 0 Å². The van der Waals surface area contributed by atoms with E-state index < -0.39 is 17.6 Å². The van der Waals surface area contributed by atoms with Crippen LogP contribution in [0.4, 0.5) is 4.79 Å². The lowest BCUT2D eigenvalue weighted by Crippen LogP contribution is -2.36. The predicted octanol–water partition coefficient (Wildman–Crippen LogP) is 2.00. The van der Waals surface area contributed by atoms with Crippen molar-refractivity contribution in [3.8, 4) is 0 Å². The molecule has 1 aliphatic rings. The summed E-state index contributed by atoms with van der Waals surface area (Å²) >= 11 is 0. The standard InChI is InChI=1S/C14H22N4O4/c1-9(12(19)20)18-8-10(15-16-18)11-6-5-7-17(11)13(21)22-14(2,3)4/h8-9,11H,5-7H2,1-4H3,(H,19,20)/t9-,11-/m0/s1. The first-order valence-corrected chi connectivity index (χ1v) is 7.33. The van der Waals surface area contributed by atoms with Crippen molar-refractivity contribution in [3.63, 3.8) is 0 Å². The van der Waals surface area contributed by atoms with Crippen molar-refractivity contribution in [1.82, 2.24) is 19.9 Å². The second-order valence-corrected chi connectivity index (χ2v) is 6.47. The number of carbonyl (C=O) groups is 2. The van der Waals surface area contributed by atoms with Gasteiger partial charge in [-0.15, -0.1) is 5.10 Å². The number of hydrogen-bond donors (Lipinski definition) is 1. The molecule has 0 bridgehead atoms. The monoisotopic (exact) mass is 310 g/mol. The van der Waals surface area contributed by atoms with E-state index in [1.807, 2.05) is 20.8 Å². The number of nitrogens with zero attached hydrogens (tertiary/aromatic N) is 4. The molecule has 2 rings (SSSR count). The van der Waals surface area contributed by atoms with Gasteiger partial charge in [-0.25, -0.2) is 14.3 Å². The zero-order valence-electron chi connectivity index (χ0n) is 13.3. The second kappa shape index (κ2) is 5.94. The highest BCUT2D eigenvalue weighted by Gasteiger charge is 2.35. The van der Waals surface area contributed by atoms with Crippen molar-refractivity contribution in [1.29, 1.82) is 0 Å². The maximum absolute atomic E-state index is 12.2. The molecule has 1 aromatic rings. The number of aliphatic carboxylic acids is 1. The maximum atomic E-state index is 12.2. The zero-order valence-corrected chi connectivity index (χ0v) is 13.3. The fourth-order valence-corrected chi connectivity index (χ4v) is 2.36. The van der Waals surface area contributed by atoms with Gasteiger partial charge >= 0.3 is 12.1 Å². The van der Waals surface area contributed by atoms with E-state index in [2.05, 4.69) is 10.3 Å². The highest BCUT2D eigenvalue weighted by molar-refractivity contribution is 5.71. The minimum absolute atomic E-state index is 0.218. The molecular formula is C14H22N4O4. The number of carbonyl (C=O) groups excluding carboxylic acids is 1. The van der Waals surface area contributed by atoms with Crippen LogP contribution in [0.1, 0.15) is 58.3 Å². The summed E-state index contributed by atoms with van der Waals surface area (Å²) in [6.45, 7) is 7.59. The van der Waals surface area contributed by atoms with Crippen molar-refractivity contribution < 1.29 is 19.4 Å². The molecule has 1 saturated heterocycles. The number of likely N-dealkylation sites (tertiary alicyclic amines) is 1. The van der Waals surface area contributed by atoms with Crippen molar-refractivity contribution in [2.45, 2.75) is 58.2 Å². The van der Waals surface area contributed by atoms with Gasteiger partial charge in [0.2, 0.25) is 0 Å². The predicted molar refractivity (Wildman–Crippen MR) is 77.3 cm³/mol. The molecule has 0 aliphatic carbocycles. The summed E-state index contributed by atoms with van der Waals surface area (Å²) in [7, 11) is 0. The molecule has 0 unspecified atom stereocenters. The summed E-state index contributed by atoms with van der Waals surface area (Å²) in [4.78, 5) is 24.9. The van der Waals surface area contributed by atoms with Crippen LogP contribution in [-0.2, 0) is 9.53 Å². The van der Waals surface area contributed by atoms with Gasteiger partial charge in [0.1, 0.15) is 17.3 Å². The third-order valence-electron chi connectivity index (χ3n) is 3.50. The Hall–Kier alpha value is -2.12. The summed E-state index contributed by atoms with van der Waals surface area (Å²) in [6.07, 6.45) is 2.83. The molecule has 1 fully saturated rings. The fraction of sp³-hybridized carbons (Fsp3) is 0.714. The molecule has 2 heterocycles. The minimum Gasteiger partial charge on any atom is -0.480 e. The molecule has 0 aromatic carbocycles. The Morgan fingerprint density at radius 2 is 2.14 bits per heavy atom. The summed E-state index contributed by atoms with van der Waals surface area (Å²) in [6, 6.07) is -1.01. The van der Waals surface area contributed by atoms with Crippen LogP contribution in [0.25, 0.3) is 0 Å². The Balaban J connectivity index is 2.14. The third-order valence-corrected chi connectivity index (χ3v) is 3.50. The molecule has 22 heavy (non-hydrogen) atoms. The van der Waals surface area contributed by atoms with Gasteiger partial charge in [0.05, 0.1) is 12.2 Å². The number of amides is 1. The van der Waals surface area contributed by atoms with Gasteiger partial charge in [0, 0.05) is 6.54 Å². The van der Waals surface area contributed by atoms with Crippen LogP contribution in [0.3, 0.4) is 0 Å². The largest absolute Gasteiger partial charge is 0.480 e. The Labute approximate surface area is 129 Å². The second-order valence-electron chi connectivity index (χ2n) is 6.47. The lowest BCUT2D eigenvalue weighted by atomic mass is 10.1. The molecular weight excluding hydrogens is 288 g/mol. The molecule has 1 amide bonds. The van der Waals surface area contributed by atoms with Gasteiger partial charge in [0.15, 0.2) is 0 Å². The number of hydrogen-bond acceptors (Lipinski definition) is 5. The van der Waals surface area contributed by atoms with Crippen molar-refractivity contribution in [2.75, 3.05) is 6.54 Å². The van der Waals surface area contributed by atoms with E-state index in [9.17, 15) is 9.59 Å². The smallest absolute Gasteiger partial charge is 0.410 e. The zero-order chi connectivity index (χ0) is 16.5. The van der Waals surface area contributed by atoms with E-state index in [0.29, 0.717) is 12.2 Å². The normalized spacial score (nSPS) is 20.0. The molecule has 0 spiro atoms. The first-order chi connectivity index (χ1) is 10.2. The average molecular weight is 310 g/mol. The van der Waals surface area contributed by atoms with E-state index >= 15 is 0 Å². The third kappa shape index (κ3) is 3.55. The highest BCUT2D eigenvalue weighted by atomic mass is 16.6. The molecule has 2 atom stereocenters. The quantitative estimate of drug-likeness (QED) is 0.917. The molecule has 8 heteroatoms. The Morgan fingerprint density at radius 3 is 2.73 bits per heavy atom. The molecule has 0 saturated carbocycles. The van der Waals surface area contributed by atoms with E-state index in [-0.39, 0.29) is 12.1 Å². The molecule has 122 valence electrons. The van der Waals surface area contributed by atoms with Crippen molar-refractivity contribution in [2.24, 2.45) is 0 Å². The molecule has 1 aliphatic heterocycles. The topological polar surface area (TPSA) is 97.5 Å². The molecule has 8 nitrogen and oxygen atoms in total. The van der Waals surface area contributed by atoms with Gasteiger partial charge in [-0.3, -0.25) is 4.90 Å². The maximum Gasteiger partial charge on any atom is 0.410 e. The average Bonchev–Trinajstić information content (AvgIpc) is 3.04. The number of carboxylic acids is 1. The summed E-state index contributed by atoms with van der Waals surface area (Å²) in [5.74, 6) is -0.980. The van der Waals surface area contributed by atoms with Crippen LogP contribution in [0, 0.1) is 0 Å². The van der Waals surface area contributed by atoms with Gasteiger partial charge in [-0.1, -0.05) is 5.21 Å². The summed E-state index contributed by atoms with van der Waals surface area (Å²) in [5, 5.41) is 16.9. The minimum atomic E-state index is -0.980. The number of ether oxygens (including phenoxy) is 1. The molecule has 1 aromatic heterocycles. The van der Waals surface area contributed by atoms with Crippen LogP contribution in [0.15, 0.2) is 6.20 Å². The summed E-state index contributed by atoms with van der Waals surface area (Å²) < 4.78 is 6.70. The number of carboxylic acid groups (broad SMARTS) is 1. The van der Waals surface area contributed by atoms with E-state index in [4.69, 9.17) is 9.84 Å². The lowest BCUT2D eigenvalue weighted by molar-refractivity contribution is -0.140. The SMILES string of the molecule is C[C@@H](C(=O)O)n1cc([C@@H]2CCCN2C(=O)OC(C)(C)C)nn1. The number of rotatable bonds is 3. The Bertz CT molecular complexity index is 563. The van der Waals surface area contributed by atoms with Crippen LogP contribution in [0.2, 0.25) is 0 Å². The first-order valence-electron chi connectivity index (χ1n) is 7.33. The van der Waals surface area contributed by atoms with Crippen LogP contribution in [0.5, 0.6) is 0 Å². The van der Waals surface area contributed by atoms with Crippen LogP contribution >= 0.6 is 0 Å². The van der Waals surface area contributed by atoms with E-state index in [1.54, 1.807) is 11.1 Å². The molecule has 1 N–H and O–H groups in total. The molecule has 0 radical (unpaired) electrons. The van der Waals surface area contributed by atoms with E-state index in [1.165, 1.54) is 11.6 Å².